The number of alkyl carbamates (subject to hydrolysis) is 1. The Kier molecular flexibility index (Phi) is 5.40. The van der Waals surface area contributed by atoms with E-state index < -0.39 is 23.2 Å². The first-order valence-electron chi connectivity index (χ1n) is 6.77. The second-order valence-corrected chi connectivity index (χ2v) is 6.92. The van der Waals surface area contributed by atoms with Gasteiger partial charge < -0.3 is 14.8 Å². The van der Waals surface area contributed by atoms with Crippen molar-refractivity contribution in [1.82, 2.24) is 5.32 Å². The molecule has 4 nitrogen and oxygen atoms in total. The van der Waals surface area contributed by atoms with Crippen molar-refractivity contribution < 1.29 is 14.3 Å². The van der Waals surface area contributed by atoms with Crippen molar-refractivity contribution in [1.29, 1.82) is 0 Å². The molecule has 1 atom stereocenters. The van der Waals surface area contributed by atoms with Crippen LogP contribution >= 0.6 is 11.6 Å². The van der Waals surface area contributed by atoms with Gasteiger partial charge in [0.15, 0.2) is 0 Å². The Balaban J connectivity index is 2.90. The predicted octanol–water partition coefficient (Wildman–Crippen LogP) is 3.71. The van der Waals surface area contributed by atoms with E-state index in [9.17, 15) is 9.59 Å². The maximum atomic E-state index is 11.8. The van der Waals surface area contributed by atoms with E-state index in [4.69, 9.17) is 16.3 Å². The van der Waals surface area contributed by atoms with Crippen LogP contribution in [0.5, 0.6) is 0 Å². The van der Waals surface area contributed by atoms with E-state index in [1.165, 1.54) is 0 Å². The van der Waals surface area contributed by atoms with E-state index in [1.807, 2.05) is 26.0 Å². The van der Waals surface area contributed by atoms with Crippen molar-refractivity contribution in [2.75, 3.05) is 0 Å². The molecule has 1 N–H and O–H groups in total. The minimum atomic E-state index is -0.700. The molecule has 0 radical (unpaired) electrons. The van der Waals surface area contributed by atoms with Crippen LogP contribution in [0.1, 0.15) is 40.2 Å². The molecule has 0 aliphatic carbocycles. The van der Waals surface area contributed by atoms with Crippen LogP contribution in [0, 0.1) is 0 Å². The highest BCUT2D eigenvalue weighted by Gasteiger charge is 2.33. The van der Waals surface area contributed by atoms with Crippen molar-refractivity contribution >= 4 is 24.0 Å². The Bertz CT molecular complexity index is 503. The first-order chi connectivity index (χ1) is 9.56. The Labute approximate surface area is 130 Å². The van der Waals surface area contributed by atoms with E-state index in [1.54, 1.807) is 32.9 Å². The van der Waals surface area contributed by atoms with Gasteiger partial charge in [-0.3, -0.25) is 0 Å². The monoisotopic (exact) mass is 311 g/mol. The van der Waals surface area contributed by atoms with Gasteiger partial charge in [0, 0.05) is 10.4 Å². The molecule has 1 aromatic carbocycles. The maximum absolute atomic E-state index is 11.8. The molecule has 0 spiro atoms. The van der Waals surface area contributed by atoms with E-state index in [-0.39, 0.29) is 0 Å². The second kappa shape index (κ2) is 6.48. The zero-order valence-corrected chi connectivity index (χ0v) is 13.8. The summed E-state index contributed by atoms with van der Waals surface area (Å²) in [4.78, 5) is 23.2. The number of hydrogen-bond acceptors (Lipinski definition) is 3. The van der Waals surface area contributed by atoms with E-state index in [0.29, 0.717) is 5.02 Å². The number of benzene rings is 1. The lowest BCUT2D eigenvalue weighted by Gasteiger charge is -2.32. The van der Waals surface area contributed by atoms with Crippen LogP contribution in [0.25, 0.3) is 0 Å². The van der Waals surface area contributed by atoms with E-state index in [0.717, 1.165) is 11.8 Å². The van der Waals surface area contributed by atoms with Crippen molar-refractivity contribution in [2.24, 2.45) is 0 Å². The molecule has 1 aromatic rings. The molecule has 1 unspecified atom stereocenters. The van der Waals surface area contributed by atoms with Gasteiger partial charge in [-0.2, -0.15) is 0 Å². The highest BCUT2D eigenvalue weighted by molar-refractivity contribution is 6.30. The summed E-state index contributed by atoms with van der Waals surface area (Å²) in [7, 11) is 0. The summed E-state index contributed by atoms with van der Waals surface area (Å²) in [5.41, 5.74) is -0.286. The standard InChI is InChI=1S/C16H22ClNO3/c1-15(2,3)21-14(20)18-13(10-19)16(4,5)11-6-8-12(17)9-7-11/h6-10,13H,1-5H3,(H,18,20). The molecule has 0 aromatic heterocycles. The number of nitrogens with one attached hydrogen (secondary N) is 1. The van der Waals surface area contributed by atoms with Crippen LogP contribution in [-0.2, 0) is 14.9 Å². The average Bonchev–Trinajstić information content (AvgIpc) is 2.34. The smallest absolute Gasteiger partial charge is 0.408 e. The Morgan fingerprint density at radius 3 is 2.14 bits per heavy atom. The van der Waals surface area contributed by atoms with Gasteiger partial charge in [0.2, 0.25) is 0 Å². The number of amides is 1. The van der Waals surface area contributed by atoms with Crippen molar-refractivity contribution in [3.8, 4) is 0 Å². The lowest BCUT2D eigenvalue weighted by Crippen LogP contribution is -2.49. The molecule has 0 bridgehead atoms. The van der Waals surface area contributed by atoms with Gasteiger partial charge in [-0.25, -0.2) is 4.79 Å². The topological polar surface area (TPSA) is 55.4 Å². The van der Waals surface area contributed by atoms with Crippen molar-refractivity contribution in [3.63, 3.8) is 0 Å². The summed E-state index contributed by atoms with van der Waals surface area (Å²) in [6.45, 7) is 9.08. The summed E-state index contributed by atoms with van der Waals surface area (Å²) in [5.74, 6) is 0. The third kappa shape index (κ3) is 5.05. The van der Waals surface area contributed by atoms with Crippen LogP contribution < -0.4 is 5.32 Å². The normalized spacial score (nSPS) is 13.4. The van der Waals surface area contributed by atoms with Gasteiger partial charge in [0.1, 0.15) is 11.9 Å². The molecular formula is C16H22ClNO3. The Morgan fingerprint density at radius 2 is 1.71 bits per heavy atom. The molecule has 116 valence electrons. The van der Waals surface area contributed by atoms with Crippen LogP contribution in [-0.4, -0.2) is 24.0 Å². The fourth-order valence-electron chi connectivity index (χ4n) is 1.88. The van der Waals surface area contributed by atoms with E-state index in [2.05, 4.69) is 5.32 Å². The number of carbonyl (C=O) groups is 2. The van der Waals surface area contributed by atoms with Gasteiger partial charge in [-0.15, -0.1) is 0 Å². The molecular weight excluding hydrogens is 290 g/mol. The first-order valence-corrected chi connectivity index (χ1v) is 7.15. The van der Waals surface area contributed by atoms with Gasteiger partial charge >= 0.3 is 6.09 Å². The minimum absolute atomic E-state index is 0.580. The molecule has 0 heterocycles. The van der Waals surface area contributed by atoms with Crippen LogP contribution in [0.15, 0.2) is 24.3 Å². The van der Waals surface area contributed by atoms with Gasteiger partial charge in [-0.05, 0) is 38.5 Å². The number of halogens is 1. The summed E-state index contributed by atoms with van der Waals surface area (Å²) in [6, 6.07) is 6.50. The zero-order chi connectivity index (χ0) is 16.3. The first kappa shape index (κ1) is 17.5. The number of rotatable bonds is 4. The molecule has 1 amide bonds. The molecule has 0 aliphatic heterocycles. The minimum Gasteiger partial charge on any atom is -0.444 e. The molecule has 21 heavy (non-hydrogen) atoms. The summed E-state index contributed by atoms with van der Waals surface area (Å²) < 4.78 is 5.19. The molecule has 1 rings (SSSR count). The Hall–Kier alpha value is -1.55. The largest absolute Gasteiger partial charge is 0.444 e. The van der Waals surface area contributed by atoms with Crippen LogP contribution in [0.3, 0.4) is 0 Å². The SMILES string of the molecule is CC(C)(C)OC(=O)NC(C=O)C(C)(C)c1ccc(Cl)cc1. The number of ether oxygens (including phenoxy) is 1. The zero-order valence-electron chi connectivity index (χ0n) is 13.1. The lowest BCUT2D eigenvalue weighted by molar-refractivity contribution is -0.110. The van der Waals surface area contributed by atoms with Crippen molar-refractivity contribution in [2.45, 2.75) is 51.7 Å². The lowest BCUT2D eigenvalue weighted by atomic mass is 9.78. The molecule has 5 heteroatoms. The molecule has 0 saturated carbocycles. The fraction of sp³-hybridized carbons (Fsp3) is 0.500. The molecule has 0 saturated heterocycles. The second-order valence-electron chi connectivity index (χ2n) is 6.49. The quantitative estimate of drug-likeness (QED) is 0.862. The van der Waals surface area contributed by atoms with Crippen LogP contribution in [0.2, 0.25) is 5.02 Å². The van der Waals surface area contributed by atoms with Gasteiger partial charge in [-0.1, -0.05) is 37.6 Å². The third-order valence-electron chi connectivity index (χ3n) is 3.17. The predicted molar refractivity (Wildman–Crippen MR) is 83.7 cm³/mol. The Morgan fingerprint density at radius 1 is 1.19 bits per heavy atom. The summed E-state index contributed by atoms with van der Waals surface area (Å²) >= 11 is 5.87. The third-order valence-corrected chi connectivity index (χ3v) is 3.43. The highest BCUT2D eigenvalue weighted by Crippen LogP contribution is 2.27. The average molecular weight is 312 g/mol. The van der Waals surface area contributed by atoms with E-state index >= 15 is 0 Å². The molecule has 0 fully saturated rings. The highest BCUT2D eigenvalue weighted by atomic mass is 35.5. The van der Waals surface area contributed by atoms with Crippen LogP contribution in [0.4, 0.5) is 4.79 Å². The van der Waals surface area contributed by atoms with Crippen molar-refractivity contribution in [3.05, 3.63) is 34.9 Å². The number of aldehydes is 1. The summed E-state index contributed by atoms with van der Waals surface area (Å²) in [6.07, 6.45) is 0.111. The molecule has 0 aliphatic rings. The summed E-state index contributed by atoms with van der Waals surface area (Å²) in [5, 5.41) is 3.24. The van der Waals surface area contributed by atoms with Gasteiger partial charge in [0.05, 0.1) is 6.04 Å². The maximum Gasteiger partial charge on any atom is 0.408 e. The fourth-order valence-corrected chi connectivity index (χ4v) is 2.00. The number of carbonyl (C=O) groups excluding carboxylic acids is 2. The van der Waals surface area contributed by atoms with Gasteiger partial charge in [0.25, 0.3) is 0 Å². The number of hydrogen-bond donors (Lipinski definition) is 1.